The molecule has 1 aliphatic carbocycles. The highest BCUT2D eigenvalue weighted by Gasteiger charge is 2.58. The minimum Gasteiger partial charge on any atom is -0.493 e. The Kier molecular flexibility index (Phi) is 8.49. The molecule has 1 aromatic heterocycles. The fourth-order valence-electron chi connectivity index (χ4n) is 5.30. The topological polar surface area (TPSA) is 136 Å². The normalized spacial score (nSPS) is 20.1. The van der Waals surface area contributed by atoms with Crippen molar-refractivity contribution < 1.29 is 46.8 Å². The van der Waals surface area contributed by atoms with Crippen molar-refractivity contribution in [1.82, 2.24) is 10.3 Å². The van der Waals surface area contributed by atoms with Crippen molar-refractivity contribution in [3.8, 4) is 28.5 Å². The Morgan fingerprint density at radius 2 is 1.89 bits per heavy atom. The minimum atomic E-state index is -5.29. The molecule has 3 atom stereocenters. The number of ether oxygens (including phenoxy) is 3. The smallest absolute Gasteiger partial charge is 0.424 e. The molecule has 1 aliphatic heterocycles. The minimum absolute atomic E-state index is 0.00247. The number of aliphatic hydroxyl groups excluding tert-OH is 1. The van der Waals surface area contributed by atoms with Gasteiger partial charge in [0.05, 0.1) is 37.6 Å². The third-order valence-electron chi connectivity index (χ3n) is 7.96. The number of carbonyl (C=O) groups is 1. The van der Waals surface area contributed by atoms with Crippen LogP contribution in [0, 0.1) is 11.7 Å². The second-order valence-corrected chi connectivity index (χ2v) is 11.2. The van der Waals surface area contributed by atoms with Crippen LogP contribution in [-0.4, -0.2) is 60.3 Å². The average Bonchev–Trinajstić information content (AvgIpc) is 3.85. The maximum absolute atomic E-state index is 14.7. The molecule has 5 rings (SSSR count). The van der Waals surface area contributed by atoms with Crippen molar-refractivity contribution in [2.45, 2.75) is 49.6 Å². The van der Waals surface area contributed by atoms with Crippen LogP contribution in [0.1, 0.15) is 47.8 Å². The molecule has 0 saturated heterocycles. The first-order valence-electron chi connectivity index (χ1n) is 14.1. The molecule has 0 radical (unpaired) electrons. The molecule has 1 fully saturated rings. The number of aliphatic hydroxyl groups is 2. The van der Waals surface area contributed by atoms with Gasteiger partial charge in [-0.3, -0.25) is 4.79 Å². The predicted molar refractivity (Wildman–Crippen MR) is 151 cm³/mol. The van der Waals surface area contributed by atoms with Gasteiger partial charge >= 0.3 is 6.18 Å². The molecule has 2 heterocycles. The molecule has 2 aliphatic rings. The Morgan fingerprint density at radius 1 is 1.18 bits per heavy atom. The molecule has 0 bridgehead atoms. The van der Waals surface area contributed by atoms with Crippen molar-refractivity contribution in [1.29, 1.82) is 0 Å². The van der Waals surface area contributed by atoms with E-state index < -0.39 is 47.4 Å². The Labute approximate surface area is 251 Å². The molecule has 5 N–H and O–H groups in total. The number of nitrogens with one attached hydrogen (secondary N) is 1. The lowest BCUT2D eigenvalue weighted by molar-refractivity contribution is -0.265. The molecule has 44 heavy (non-hydrogen) atoms. The van der Waals surface area contributed by atoms with Gasteiger partial charge in [-0.25, -0.2) is 9.37 Å². The molecular formula is C31H33F4N3O6. The van der Waals surface area contributed by atoms with E-state index in [4.69, 9.17) is 19.9 Å². The van der Waals surface area contributed by atoms with Gasteiger partial charge in [0.25, 0.3) is 5.91 Å². The summed E-state index contributed by atoms with van der Waals surface area (Å²) in [5, 5.41) is 22.9. The Balaban J connectivity index is 1.52. The number of amides is 1. The second kappa shape index (κ2) is 11.9. The summed E-state index contributed by atoms with van der Waals surface area (Å²) in [6.07, 6.45) is -4.15. The third kappa shape index (κ3) is 6.04. The number of hydrogen-bond acceptors (Lipinski definition) is 8. The Morgan fingerprint density at radius 3 is 2.50 bits per heavy atom. The van der Waals surface area contributed by atoms with E-state index in [0.29, 0.717) is 6.42 Å². The van der Waals surface area contributed by atoms with E-state index in [0.717, 1.165) is 31.0 Å². The van der Waals surface area contributed by atoms with Crippen LogP contribution < -0.4 is 25.3 Å². The molecule has 0 spiro atoms. The van der Waals surface area contributed by atoms with Crippen molar-refractivity contribution in [2.75, 3.05) is 26.9 Å². The van der Waals surface area contributed by atoms with E-state index in [2.05, 4.69) is 10.3 Å². The quantitative estimate of drug-likeness (QED) is 0.248. The van der Waals surface area contributed by atoms with Crippen LogP contribution in [0.2, 0.25) is 0 Å². The van der Waals surface area contributed by atoms with Crippen LogP contribution in [-0.2, 0) is 11.1 Å². The lowest BCUT2D eigenvalue weighted by Gasteiger charge is -2.38. The fraction of sp³-hybridized carbons (Fsp3) is 0.419. The number of pyridine rings is 1. The molecule has 3 unspecified atom stereocenters. The highest BCUT2D eigenvalue weighted by molar-refractivity contribution is 5.95. The largest absolute Gasteiger partial charge is 0.493 e. The SMILES string of the molecule is COc1cc(C(=O)NCC(O)(c2cc3c(c(-c4ccc(F)cc4)n2)OCCC3(N)C2CC2)C(F)(F)F)ccc1OCC(C)O. The van der Waals surface area contributed by atoms with Gasteiger partial charge in [-0.05, 0) is 74.2 Å². The number of rotatable bonds is 10. The number of nitrogens with two attached hydrogens (primary N) is 1. The lowest BCUT2D eigenvalue weighted by Crippen LogP contribution is -2.52. The van der Waals surface area contributed by atoms with Crippen LogP contribution in [0.15, 0.2) is 48.5 Å². The monoisotopic (exact) mass is 619 g/mol. The van der Waals surface area contributed by atoms with Gasteiger partial charge in [0.15, 0.2) is 17.2 Å². The van der Waals surface area contributed by atoms with Crippen molar-refractivity contribution >= 4 is 5.91 Å². The Bertz CT molecular complexity index is 1530. The third-order valence-corrected chi connectivity index (χ3v) is 7.96. The molecule has 2 aromatic carbocycles. The standard InChI is InChI=1S/C31H33F4N3O6/c1-17(39)15-44-23-10-5-19(13-24(23)42-2)28(40)37-16-30(41,31(33,34)35)25-14-22-27(43-12-11-29(22,36)20-6-7-20)26(38-25)18-3-8-21(32)9-4-18/h3-5,8-10,13-14,17,20,39,41H,6-7,11-12,15-16,36H2,1-2H3,(H,37,40). The van der Waals surface area contributed by atoms with E-state index in [1.54, 1.807) is 0 Å². The van der Waals surface area contributed by atoms with Crippen LogP contribution >= 0.6 is 0 Å². The average molecular weight is 620 g/mol. The van der Waals surface area contributed by atoms with Gasteiger partial charge < -0.3 is 35.5 Å². The fourth-order valence-corrected chi connectivity index (χ4v) is 5.30. The number of carbonyl (C=O) groups excluding carboxylic acids is 1. The lowest BCUT2D eigenvalue weighted by atomic mass is 9.79. The second-order valence-electron chi connectivity index (χ2n) is 11.2. The summed E-state index contributed by atoms with van der Waals surface area (Å²) in [5.74, 6) is -0.975. The van der Waals surface area contributed by atoms with E-state index in [1.165, 1.54) is 44.4 Å². The van der Waals surface area contributed by atoms with Gasteiger partial charge in [0, 0.05) is 23.1 Å². The van der Waals surface area contributed by atoms with Gasteiger partial charge in [-0.15, -0.1) is 0 Å². The van der Waals surface area contributed by atoms with E-state index >= 15 is 0 Å². The molecule has 13 heteroatoms. The number of hydrogen-bond donors (Lipinski definition) is 4. The van der Waals surface area contributed by atoms with E-state index in [1.807, 2.05) is 0 Å². The summed E-state index contributed by atoms with van der Waals surface area (Å²) in [6, 6.07) is 10.0. The number of halogens is 4. The summed E-state index contributed by atoms with van der Waals surface area (Å²) >= 11 is 0. The van der Waals surface area contributed by atoms with E-state index in [-0.39, 0.29) is 58.8 Å². The molecule has 9 nitrogen and oxygen atoms in total. The van der Waals surface area contributed by atoms with Crippen molar-refractivity contribution in [3.63, 3.8) is 0 Å². The zero-order valence-corrected chi connectivity index (χ0v) is 24.1. The molecule has 1 amide bonds. The van der Waals surface area contributed by atoms with Gasteiger partial charge in [-0.2, -0.15) is 13.2 Å². The summed E-state index contributed by atoms with van der Waals surface area (Å²) in [7, 11) is 1.32. The zero-order chi connectivity index (χ0) is 31.9. The molecule has 3 aromatic rings. The van der Waals surface area contributed by atoms with Crippen molar-refractivity contribution in [2.24, 2.45) is 11.7 Å². The number of benzene rings is 2. The van der Waals surface area contributed by atoms with Gasteiger partial charge in [0.1, 0.15) is 18.1 Å². The predicted octanol–water partition coefficient (Wildman–Crippen LogP) is 4.18. The Hall–Kier alpha value is -3.94. The van der Waals surface area contributed by atoms with Crippen LogP contribution in [0.3, 0.4) is 0 Å². The van der Waals surface area contributed by atoms with E-state index in [9.17, 15) is 32.6 Å². The maximum atomic E-state index is 14.7. The first-order chi connectivity index (χ1) is 20.8. The number of methoxy groups -OCH3 is 1. The number of nitrogens with zero attached hydrogens (tertiary/aromatic N) is 1. The maximum Gasteiger partial charge on any atom is 0.424 e. The zero-order valence-electron chi connectivity index (χ0n) is 24.1. The molecule has 1 saturated carbocycles. The number of fused-ring (bicyclic) bond motifs is 1. The first kappa shape index (κ1) is 31.5. The van der Waals surface area contributed by atoms with Crippen molar-refractivity contribution in [3.05, 3.63) is 71.2 Å². The number of aromatic nitrogens is 1. The molecular weight excluding hydrogens is 586 g/mol. The highest BCUT2D eigenvalue weighted by atomic mass is 19.4. The van der Waals surface area contributed by atoms with Crippen LogP contribution in [0.5, 0.6) is 17.2 Å². The first-order valence-corrected chi connectivity index (χ1v) is 14.1. The summed E-state index contributed by atoms with van der Waals surface area (Å²) in [5.41, 5.74) is 1.79. The van der Waals surface area contributed by atoms with Gasteiger partial charge in [-0.1, -0.05) is 0 Å². The molecule has 236 valence electrons. The van der Waals surface area contributed by atoms with Crippen LogP contribution in [0.4, 0.5) is 17.6 Å². The van der Waals surface area contributed by atoms with Gasteiger partial charge in [0.2, 0.25) is 5.60 Å². The summed E-state index contributed by atoms with van der Waals surface area (Å²) in [6.45, 7) is 0.391. The van der Waals surface area contributed by atoms with Crippen LogP contribution in [0.25, 0.3) is 11.3 Å². The number of alkyl halides is 3. The highest BCUT2D eigenvalue weighted by Crippen LogP contribution is 2.53. The summed E-state index contributed by atoms with van der Waals surface area (Å²) in [4.78, 5) is 17.2. The summed E-state index contributed by atoms with van der Waals surface area (Å²) < 4.78 is 74.5.